The number of hydrogen-bond donors (Lipinski definition) is 1. The lowest BCUT2D eigenvalue weighted by Crippen LogP contribution is -2.22. The van der Waals surface area contributed by atoms with Gasteiger partial charge in [-0.15, -0.1) is 11.3 Å². The molecule has 164 valence electrons. The molecule has 1 N–H and O–H groups in total. The molecule has 0 bridgehead atoms. The number of ether oxygens (including phenoxy) is 1. The molecule has 0 radical (unpaired) electrons. The molecule has 6 nitrogen and oxygen atoms in total. The van der Waals surface area contributed by atoms with Gasteiger partial charge in [0.05, 0.1) is 5.57 Å². The second kappa shape index (κ2) is 10.5. The van der Waals surface area contributed by atoms with Crippen molar-refractivity contribution in [1.82, 2.24) is 4.90 Å². The summed E-state index contributed by atoms with van der Waals surface area (Å²) >= 11 is 1.35. The van der Waals surface area contributed by atoms with E-state index >= 15 is 0 Å². The number of anilines is 1. The molecule has 2 aromatic carbocycles. The van der Waals surface area contributed by atoms with Crippen molar-refractivity contribution in [2.75, 3.05) is 26.0 Å². The predicted molar refractivity (Wildman–Crippen MR) is 123 cm³/mol. The first-order valence-electron chi connectivity index (χ1n) is 9.63. The van der Waals surface area contributed by atoms with Crippen LogP contribution in [0, 0.1) is 5.82 Å². The van der Waals surface area contributed by atoms with Crippen LogP contribution < -0.4 is 5.32 Å². The van der Waals surface area contributed by atoms with Gasteiger partial charge in [0.1, 0.15) is 5.82 Å². The van der Waals surface area contributed by atoms with Crippen molar-refractivity contribution in [3.63, 3.8) is 0 Å². The van der Waals surface area contributed by atoms with Crippen LogP contribution in [0.15, 0.2) is 66.0 Å². The van der Waals surface area contributed by atoms with E-state index in [2.05, 4.69) is 5.32 Å². The number of amides is 2. The number of benzene rings is 2. The molecule has 3 rings (SSSR count). The van der Waals surface area contributed by atoms with Crippen LogP contribution >= 0.6 is 11.3 Å². The standard InChI is InChI=1S/C24H21FN2O4S/c1-27(2)23(29)17-7-11-19(12-8-17)26-22(28)15-31-24(30)20(21-4-3-13-32-21)14-16-5-9-18(25)10-6-16/h3-14H,15H2,1-2H3,(H,26,28). The second-order valence-electron chi connectivity index (χ2n) is 6.99. The summed E-state index contributed by atoms with van der Waals surface area (Å²) in [6.07, 6.45) is 1.59. The summed E-state index contributed by atoms with van der Waals surface area (Å²) in [4.78, 5) is 38.9. The second-order valence-corrected chi connectivity index (χ2v) is 7.94. The third-order valence-electron chi connectivity index (χ3n) is 4.34. The van der Waals surface area contributed by atoms with Crippen LogP contribution in [-0.2, 0) is 14.3 Å². The highest BCUT2D eigenvalue weighted by Crippen LogP contribution is 2.24. The first-order chi connectivity index (χ1) is 15.3. The van der Waals surface area contributed by atoms with E-state index in [1.165, 1.54) is 28.4 Å². The SMILES string of the molecule is CN(C)C(=O)c1ccc(NC(=O)COC(=O)C(=Cc2ccc(F)cc2)c2cccs2)cc1. The highest BCUT2D eigenvalue weighted by atomic mass is 32.1. The van der Waals surface area contributed by atoms with Gasteiger partial charge in [-0.3, -0.25) is 9.59 Å². The Morgan fingerprint density at radius 2 is 1.72 bits per heavy atom. The minimum absolute atomic E-state index is 0.147. The van der Waals surface area contributed by atoms with Gasteiger partial charge in [0.25, 0.3) is 11.8 Å². The maximum atomic E-state index is 13.2. The topological polar surface area (TPSA) is 75.7 Å². The number of carbonyl (C=O) groups is 3. The van der Waals surface area contributed by atoms with E-state index in [4.69, 9.17) is 4.74 Å². The molecule has 0 aliphatic rings. The largest absolute Gasteiger partial charge is 0.452 e. The van der Waals surface area contributed by atoms with Gasteiger partial charge in [0, 0.05) is 30.2 Å². The van der Waals surface area contributed by atoms with Crippen LogP contribution in [0.5, 0.6) is 0 Å². The van der Waals surface area contributed by atoms with Crippen molar-refractivity contribution >= 4 is 46.5 Å². The smallest absolute Gasteiger partial charge is 0.340 e. The average molecular weight is 453 g/mol. The molecule has 0 saturated carbocycles. The monoisotopic (exact) mass is 452 g/mol. The lowest BCUT2D eigenvalue weighted by atomic mass is 10.1. The zero-order chi connectivity index (χ0) is 23.1. The Kier molecular flexibility index (Phi) is 7.51. The number of esters is 1. The fourth-order valence-corrected chi connectivity index (χ4v) is 3.48. The van der Waals surface area contributed by atoms with E-state index in [9.17, 15) is 18.8 Å². The Balaban J connectivity index is 1.64. The number of nitrogens with zero attached hydrogens (tertiary/aromatic N) is 1. The van der Waals surface area contributed by atoms with Crippen LogP contribution in [0.4, 0.5) is 10.1 Å². The van der Waals surface area contributed by atoms with E-state index in [1.54, 1.807) is 68.7 Å². The van der Waals surface area contributed by atoms with Crippen molar-refractivity contribution in [3.05, 3.63) is 87.9 Å². The molecule has 0 atom stereocenters. The predicted octanol–water partition coefficient (Wildman–Crippen LogP) is 4.31. The van der Waals surface area contributed by atoms with Gasteiger partial charge in [-0.2, -0.15) is 0 Å². The van der Waals surface area contributed by atoms with Gasteiger partial charge in [-0.05, 0) is 59.5 Å². The molecule has 0 spiro atoms. The summed E-state index contributed by atoms with van der Waals surface area (Å²) in [6.45, 7) is -0.483. The maximum Gasteiger partial charge on any atom is 0.340 e. The number of carbonyl (C=O) groups excluding carboxylic acids is 3. The Morgan fingerprint density at radius 1 is 1.03 bits per heavy atom. The molecular formula is C24H21FN2O4S. The van der Waals surface area contributed by atoms with E-state index in [0.717, 1.165) is 0 Å². The summed E-state index contributed by atoms with van der Waals surface area (Å²) in [6, 6.07) is 15.7. The molecule has 1 heterocycles. The molecule has 8 heteroatoms. The van der Waals surface area contributed by atoms with E-state index in [-0.39, 0.29) is 17.3 Å². The summed E-state index contributed by atoms with van der Waals surface area (Å²) in [7, 11) is 3.31. The van der Waals surface area contributed by atoms with Gasteiger partial charge in [-0.1, -0.05) is 18.2 Å². The first kappa shape index (κ1) is 22.9. The summed E-state index contributed by atoms with van der Waals surface area (Å²) < 4.78 is 18.4. The van der Waals surface area contributed by atoms with Crippen LogP contribution in [0.3, 0.4) is 0 Å². The molecule has 0 saturated heterocycles. The summed E-state index contributed by atoms with van der Waals surface area (Å²) in [5.74, 6) is -1.71. The lowest BCUT2D eigenvalue weighted by Gasteiger charge is -2.11. The van der Waals surface area contributed by atoms with Crippen LogP contribution in [-0.4, -0.2) is 43.4 Å². The minimum Gasteiger partial charge on any atom is -0.452 e. The highest BCUT2D eigenvalue weighted by Gasteiger charge is 2.17. The zero-order valence-electron chi connectivity index (χ0n) is 17.5. The molecule has 0 unspecified atom stereocenters. The van der Waals surface area contributed by atoms with Gasteiger partial charge >= 0.3 is 5.97 Å². The Labute approximate surface area is 188 Å². The molecule has 0 aliphatic heterocycles. The van der Waals surface area contributed by atoms with Crippen LogP contribution in [0.25, 0.3) is 11.6 Å². The van der Waals surface area contributed by atoms with E-state index < -0.39 is 18.5 Å². The normalized spacial score (nSPS) is 11.0. The Hall–Kier alpha value is -3.78. The van der Waals surface area contributed by atoms with Crippen molar-refractivity contribution in [2.24, 2.45) is 0 Å². The minimum atomic E-state index is -0.668. The van der Waals surface area contributed by atoms with Gasteiger partial charge in [-0.25, -0.2) is 9.18 Å². The molecular weight excluding hydrogens is 431 g/mol. The van der Waals surface area contributed by atoms with Gasteiger partial charge in [0.2, 0.25) is 0 Å². The van der Waals surface area contributed by atoms with Crippen LogP contribution in [0.2, 0.25) is 0 Å². The molecule has 1 aromatic heterocycles. The molecule has 32 heavy (non-hydrogen) atoms. The number of nitrogens with one attached hydrogen (secondary N) is 1. The van der Waals surface area contributed by atoms with Crippen molar-refractivity contribution in [3.8, 4) is 0 Å². The van der Waals surface area contributed by atoms with Crippen molar-refractivity contribution in [2.45, 2.75) is 0 Å². The molecule has 0 aliphatic carbocycles. The third-order valence-corrected chi connectivity index (χ3v) is 5.25. The highest BCUT2D eigenvalue weighted by molar-refractivity contribution is 7.11. The third kappa shape index (κ3) is 6.12. The molecule has 2 amide bonds. The number of hydrogen-bond acceptors (Lipinski definition) is 5. The van der Waals surface area contributed by atoms with E-state index in [0.29, 0.717) is 21.7 Å². The number of thiophene rings is 1. The molecule has 0 fully saturated rings. The van der Waals surface area contributed by atoms with Gasteiger partial charge < -0.3 is 15.0 Å². The quantitative estimate of drug-likeness (QED) is 0.428. The van der Waals surface area contributed by atoms with Crippen molar-refractivity contribution in [1.29, 1.82) is 0 Å². The van der Waals surface area contributed by atoms with Gasteiger partial charge in [0.15, 0.2) is 6.61 Å². The number of halogens is 1. The molecule has 3 aromatic rings. The fraction of sp³-hybridized carbons (Fsp3) is 0.125. The maximum absolute atomic E-state index is 13.2. The fourth-order valence-electron chi connectivity index (χ4n) is 2.75. The zero-order valence-corrected chi connectivity index (χ0v) is 18.3. The summed E-state index contributed by atoms with van der Waals surface area (Å²) in [5.41, 5.74) is 1.86. The number of rotatable bonds is 7. The Morgan fingerprint density at radius 3 is 2.31 bits per heavy atom. The Bertz CT molecular complexity index is 1120. The average Bonchev–Trinajstić information content (AvgIpc) is 3.31. The van der Waals surface area contributed by atoms with Crippen LogP contribution in [0.1, 0.15) is 20.8 Å². The lowest BCUT2D eigenvalue weighted by molar-refractivity contribution is -0.141. The first-order valence-corrected chi connectivity index (χ1v) is 10.5. The van der Waals surface area contributed by atoms with E-state index in [1.807, 2.05) is 5.38 Å². The van der Waals surface area contributed by atoms with Crippen molar-refractivity contribution < 1.29 is 23.5 Å². The summed E-state index contributed by atoms with van der Waals surface area (Å²) in [5, 5.41) is 4.44.